The maximum absolute atomic E-state index is 14.2. The minimum absolute atomic E-state index is 0. The van der Waals surface area contributed by atoms with E-state index in [2.05, 4.69) is 33.4 Å². The van der Waals surface area contributed by atoms with Gasteiger partial charge in [0.2, 0.25) is 22.1 Å². The van der Waals surface area contributed by atoms with E-state index in [0.29, 0.717) is 80.7 Å². The van der Waals surface area contributed by atoms with Crippen LogP contribution >= 0.6 is 69.4 Å². The molecule has 3 aliphatic rings. The Hall–Kier alpha value is -9.55. The van der Waals surface area contributed by atoms with Gasteiger partial charge in [-0.05, 0) is 181 Å². The number of sulfone groups is 1. The van der Waals surface area contributed by atoms with Crippen LogP contribution in [-0.2, 0) is 95.4 Å². The first-order valence-corrected chi connectivity index (χ1v) is 42.2. The van der Waals surface area contributed by atoms with Crippen molar-refractivity contribution in [3.8, 4) is 11.5 Å². The summed E-state index contributed by atoms with van der Waals surface area (Å²) < 4.78 is 225. The molecule has 0 spiro atoms. The van der Waals surface area contributed by atoms with Gasteiger partial charge < -0.3 is 39.3 Å². The molecule has 2 amide bonds. The van der Waals surface area contributed by atoms with Crippen molar-refractivity contribution in [2.75, 3.05) is 91.9 Å². The van der Waals surface area contributed by atoms with Crippen molar-refractivity contribution in [2.24, 2.45) is 0 Å². The summed E-state index contributed by atoms with van der Waals surface area (Å²) in [6, 6.07) is 33.1. The van der Waals surface area contributed by atoms with E-state index in [1.807, 2.05) is 19.9 Å². The molecule has 1 N–H and O–H groups in total. The second-order valence-corrected chi connectivity index (χ2v) is 35.2. The molecule has 14 rings (SSSR count). The fourth-order valence-corrected chi connectivity index (χ4v) is 20.1. The Morgan fingerprint density at radius 3 is 1.21 bits per heavy atom. The first-order chi connectivity index (χ1) is 54.8. The summed E-state index contributed by atoms with van der Waals surface area (Å²) >= 11 is 21.6. The number of carbonyl (C=O) groups excluding carboxylic acids is 2. The van der Waals surface area contributed by atoms with Gasteiger partial charge in [-0.25, -0.2) is 48.8 Å². The van der Waals surface area contributed by atoms with Crippen molar-refractivity contribution in [3.63, 3.8) is 0 Å². The minimum atomic E-state index is -4.57. The molecule has 1 radical (unpaired) electrons. The van der Waals surface area contributed by atoms with Crippen LogP contribution in [0.1, 0.15) is 57.8 Å². The summed E-state index contributed by atoms with van der Waals surface area (Å²) in [6.45, 7) is 8.04. The number of hydrogen-bond donors (Lipinski definition) is 1. The molecule has 0 unspecified atom stereocenters. The molecular formula is C74H64Cl3F9N14O10S6V. The van der Waals surface area contributed by atoms with Gasteiger partial charge >= 0.3 is 18.5 Å². The number of alkyl halides is 9. The molecule has 0 fully saturated rings. The zero-order valence-corrected chi connectivity index (χ0v) is 70.3. The first kappa shape index (κ1) is 88.3. The third-order valence-corrected chi connectivity index (χ3v) is 27.1. The summed E-state index contributed by atoms with van der Waals surface area (Å²) in [7, 11) is -9.02. The van der Waals surface area contributed by atoms with Crippen molar-refractivity contribution < 1.29 is 102 Å². The quantitative estimate of drug-likeness (QED) is 0.0782. The van der Waals surface area contributed by atoms with Crippen molar-refractivity contribution in [3.05, 3.63) is 224 Å². The van der Waals surface area contributed by atoms with Gasteiger partial charge in [-0.15, -0.1) is 0 Å². The molecule has 0 bridgehead atoms. The third-order valence-electron chi connectivity index (χ3n) is 18.6. The smallest absolute Gasteiger partial charge is 0.416 e. The minimum Gasteiger partial charge on any atom is -0.497 e. The molecular weight excluding hydrogens is 1770 g/mol. The Bertz CT molecular complexity index is 5880. The third kappa shape index (κ3) is 19.4. The largest absolute Gasteiger partial charge is 0.497 e. The van der Waals surface area contributed by atoms with Gasteiger partial charge in [0.1, 0.15) is 41.2 Å². The molecule has 0 saturated carbocycles. The van der Waals surface area contributed by atoms with Crippen LogP contribution in [0.5, 0.6) is 11.5 Å². The van der Waals surface area contributed by atoms with E-state index in [9.17, 15) is 74.4 Å². The normalized spacial score (nSPS) is 13.6. The Morgan fingerprint density at radius 1 is 0.462 bits per heavy atom. The van der Waals surface area contributed by atoms with Gasteiger partial charge in [-0.2, -0.15) is 52.6 Å². The van der Waals surface area contributed by atoms with Crippen LogP contribution in [0.3, 0.4) is 0 Å². The van der Waals surface area contributed by atoms with E-state index in [1.165, 1.54) is 114 Å². The van der Waals surface area contributed by atoms with E-state index in [4.69, 9.17) is 44.3 Å². The second kappa shape index (κ2) is 35.6. The number of sulfonamides is 2. The number of rotatable bonds is 18. The van der Waals surface area contributed by atoms with Crippen molar-refractivity contribution >= 4 is 173 Å². The number of carbonyl (C=O) groups is 2. The Balaban J connectivity index is 0.000000173. The molecule has 615 valence electrons. The number of halogens is 12. The fourth-order valence-electron chi connectivity index (χ4n) is 12.8. The number of nitrogens with one attached hydrogen (secondary N) is 1. The number of anilines is 11. The maximum Gasteiger partial charge on any atom is 0.416 e. The average Bonchev–Trinajstić information content (AvgIpc) is 1.36. The van der Waals surface area contributed by atoms with Crippen LogP contribution in [0.2, 0.25) is 15.1 Å². The molecule has 6 heterocycles. The fraction of sp³-hybridized carbons (Fsp3) is 0.243. The molecule has 3 aliphatic heterocycles. The van der Waals surface area contributed by atoms with Crippen LogP contribution in [0, 0.1) is 13.8 Å². The van der Waals surface area contributed by atoms with Gasteiger partial charge in [-0.3, -0.25) is 9.59 Å². The Labute approximate surface area is 704 Å². The van der Waals surface area contributed by atoms with Crippen LogP contribution in [0.25, 0.3) is 0 Å². The number of hydrogen-bond acceptors (Lipinski definition) is 23. The molecule has 117 heavy (non-hydrogen) atoms. The predicted octanol–water partition coefficient (Wildman–Crippen LogP) is 17.6. The topological polar surface area (TPSA) is 267 Å². The number of benzene rings is 8. The summed E-state index contributed by atoms with van der Waals surface area (Å²) in [5.74, 6) is 0.315. The average molecular weight is 1830 g/mol. The van der Waals surface area contributed by atoms with Gasteiger partial charge in [0.15, 0.2) is 9.84 Å². The number of ether oxygens (including phenoxy) is 2. The van der Waals surface area contributed by atoms with Gasteiger partial charge in [0.05, 0.1) is 125 Å². The SMILES string of the molecule is CC(=O)N1CCN(c2ccc(C(F)(F)F)cc2Cl)c2ccc(S(=O)(=O)Cc3ncns3)cc21.COc1ccc(CN(c2ncns2)S(=O)(=O)c2ccc3c(c2)N(C(C)=O)CCN3c2ccc(C(F)(F)F)cc2Cl)c(C)c1.COc1ccc(CN(c2ncns2)S(=O)(=O)c2ccc3c(c2)NCCN3c2ccc(C(F)(F)F)cc2Cl)c(C)c1.[V]. The zero-order valence-electron chi connectivity index (χ0n) is 61.8. The number of aryl methyl sites for hydroxylation is 2. The van der Waals surface area contributed by atoms with E-state index >= 15 is 0 Å². The van der Waals surface area contributed by atoms with Crippen molar-refractivity contribution in [2.45, 2.75) is 79.8 Å². The molecule has 8 aromatic carbocycles. The van der Waals surface area contributed by atoms with E-state index in [-0.39, 0.29) is 121 Å². The van der Waals surface area contributed by atoms with Crippen molar-refractivity contribution in [1.82, 2.24) is 28.1 Å². The first-order valence-electron chi connectivity index (χ1n) is 34.3. The standard InChI is InChI=1S/C28H25ClF3N5O4S2.C26H23ClF3N5O3S2.C20H16ClF3N4O3S2.V/c1-17-12-21(41-3)6-4-19(17)15-37(27-33-16-34-42-27)43(39,40)22-7-9-25-26(14-22)35(18(2)38)10-11-36(25)24-8-5-20(13-23(24)29)28(30,31)32;1-16-11-19(38-2)5-3-17(16)14-35(25-32-15-33-39-25)40(36,37)20-6-8-24-22(13-20)31-9-10-34(24)23-7-4-18(12-21(23)27)26(28,29)30;1-12(29)27-6-7-28(16-4-2-13(8-15(16)21)20(22,23)24)17-5-3-14(9-18(17)27)33(30,31)10-19-25-11-26-32-19;/h4-9,12-14,16H,10-11,15H2,1-3H3;3-8,11-13,15,31H,9-10,14H2,1-2H3;2-5,8-9,11H,6-7,10H2,1H3;. The van der Waals surface area contributed by atoms with E-state index in [0.717, 1.165) is 92.0 Å². The Morgan fingerprint density at radius 2 is 0.838 bits per heavy atom. The number of methoxy groups -OCH3 is 2. The van der Waals surface area contributed by atoms with Crippen LogP contribution in [-0.4, -0.2) is 119 Å². The monoisotopic (exact) mass is 1830 g/mol. The molecule has 24 nitrogen and oxygen atoms in total. The number of nitrogens with zero attached hydrogens (tertiary/aromatic N) is 13. The predicted molar refractivity (Wildman–Crippen MR) is 427 cm³/mol. The van der Waals surface area contributed by atoms with Gasteiger partial charge in [0.25, 0.3) is 20.0 Å². The van der Waals surface area contributed by atoms with Gasteiger partial charge in [-0.1, -0.05) is 46.9 Å². The molecule has 0 saturated heterocycles. The zero-order chi connectivity index (χ0) is 83.7. The van der Waals surface area contributed by atoms with Crippen LogP contribution in [0.4, 0.5) is 101 Å². The maximum atomic E-state index is 14.2. The molecule has 0 atom stereocenters. The number of amides is 2. The summed E-state index contributed by atoms with van der Waals surface area (Å²) in [5.41, 5.74) is 4.05. The molecule has 0 aliphatic carbocycles. The summed E-state index contributed by atoms with van der Waals surface area (Å²) in [6.07, 6.45) is -9.80. The molecule has 43 heteroatoms. The Kier molecular flexibility index (Phi) is 26.8. The summed E-state index contributed by atoms with van der Waals surface area (Å²) in [4.78, 5) is 44.9. The van der Waals surface area contributed by atoms with E-state index in [1.54, 1.807) is 65.3 Å². The van der Waals surface area contributed by atoms with Crippen LogP contribution in [0.15, 0.2) is 179 Å². The second-order valence-electron chi connectivity index (χ2n) is 25.8. The van der Waals surface area contributed by atoms with Gasteiger partial charge in [0, 0.05) is 94.7 Å². The summed E-state index contributed by atoms with van der Waals surface area (Å²) in [5, 5.41) is 3.57. The molecule has 11 aromatic rings. The number of aromatic nitrogens is 6. The van der Waals surface area contributed by atoms with Crippen molar-refractivity contribution in [1.29, 1.82) is 0 Å². The number of fused-ring (bicyclic) bond motifs is 3. The van der Waals surface area contributed by atoms with E-state index < -0.39 is 65.1 Å². The molecule has 3 aromatic heterocycles. The van der Waals surface area contributed by atoms with Crippen LogP contribution < -0.4 is 47.9 Å².